The van der Waals surface area contributed by atoms with Crippen molar-refractivity contribution in [3.63, 3.8) is 0 Å². The molecule has 0 radical (unpaired) electrons. The number of nitrogens with one attached hydrogen (secondary N) is 1. The number of hydrogen-bond acceptors (Lipinski definition) is 4. The van der Waals surface area contributed by atoms with E-state index in [0.717, 1.165) is 12.8 Å². The molecule has 3 aromatic rings. The number of rotatable bonds is 10. The second-order valence-electron chi connectivity index (χ2n) is 7.47. The smallest absolute Gasteiger partial charge is 0.261 e. The normalized spacial score (nSPS) is 10.2. The van der Waals surface area contributed by atoms with Gasteiger partial charge >= 0.3 is 0 Å². The molecule has 0 spiro atoms. The van der Waals surface area contributed by atoms with Crippen LogP contribution in [-0.2, 0) is 12.8 Å². The first-order chi connectivity index (χ1) is 16.2. The van der Waals surface area contributed by atoms with Crippen LogP contribution in [0.15, 0.2) is 84.9 Å². The van der Waals surface area contributed by atoms with Crippen LogP contribution in [0.5, 0.6) is 5.75 Å². The van der Waals surface area contributed by atoms with Crippen LogP contribution in [0, 0.1) is 11.3 Å². The summed E-state index contributed by atoms with van der Waals surface area (Å²) in [6.07, 6.45) is 1.84. The SMILES string of the molecule is N#CCCN(CCc1ccccc1)C(=S)NC(=O)c1ccccc1OCCc1ccccc1. The molecule has 1 amide bonds. The molecule has 0 bridgehead atoms. The summed E-state index contributed by atoms with van der Waals surface area (Å²) in [7, 11) is 0. The van der Waals surface area contributed by atoms with Crippen molar-refractivity contribution in [1.82, 2.24) is 10.2 Å². The van der Waals surface area contributed by atoms with Crippen molar-refractivity contribution in [2.75, 3.05) is 19.7 Å². The summed E-state index contributed by atoms with van der Waals surface area (Å²) < 4.78 is 5.91. The summed E-state index contributed by atoms with van der Waals surface area (Å²) in [6, 6.07) is 29.4. The molecule has 0 aliphatic carbocycles. The quantitative estimate of drug-likeness (QED) is 0.444. The summed E-state index contributed by atoms with van der Waals surface area (Å²) >= 11 is 5.52. The van der Waals surface area contributed by atoms with Gasteiger partial charge in [-0.05, 0) is 41.9 Å². The third-order valence-electron chi connectivity index (χ3n) is 5.14. The van der Waals surface area contributed by atoms with Gasteiger partial charge in [0.05, 0.1) is 24.7 Å². The largest absolute Gasteiger partial charge is 0.492 e. The van der Waals surface area contributed by atoms with Gasteiger partial charge in [-0.25, -0.2) is 0 Å². The summed E-state index contributed by atoms with van der Waals surface area (Å²) in [5.74, 6) is 0.193. The predicted molar refractivity (Wildman–Crippen MR) is 134 cm³/mol. The zero-order valence-corrected chi connectivity index (χ0v) is 19.3. The summed E-state index contributed by atoms with van der Waals surface area (Å²) in [5, 5.41) is 12.1. The number of nitriles is 1. The van der Waals surface area contributed by atoms with Crippen LogP contribution >= 0.6 is 12.2 Å². The Morgan fingerprint density at radius 1 is 0.879 bits per heavy atom. The average Bonchev–Trinajstić information content (AvgIpc) is 2.85. The lowest BCUT2D eigenvalue weighted by atomic mass is 10.1. The number of thiocarbonyl (C=S) groups is 1. The highest BCUT2D eigenvalue weighted by molar-refractivity contribution is 7.80. The van der Waals surface area contributed by atoms with Crippen molar-refractivity contribution < 1.29 is 9.53 Å². The van der Waals surface area contributed by atoms with Crippen molar-refractivity contribution in [2.45, 2.75) is 19.3 Å². The number of ether oxygens (including phenoxy) is 1. The van der Waals surface area contributed by atoms with E-state index < -0.39 is 0 Å². The van der Waals surface area contributed by atoms with Gasteiger partial charge in [0.15, 0.2) is 5.11 Å². The lowest BCUT2D eigenvalue weighted by molar-refractivity contribution is 0.0969. The van der Waals surface area contributed by atoms with Gasteiger partial charge in [-0.15, -0.1) is 0 Å². The van der Waals surface area contributed by atoms with Crippen LogP contribution in [0.3, 0.4) is 0 Å². The Labute approximate surface area is 200 Å². The first-order valence-electron chi connectivity index (χ1n) is 10.9. The van der Waals surface area contributed by atoms with Gasteiger partial charge in [-0.3, -0.25) is 10.1 Å². The predicted octanol–water partition coefficient (Wildman–Crippen LogP) is 4.78. The van der Waals surface area contributed by atoms with Gasteiger partial charge in [0, 0.05) is 19.5 Å². The molecule has 168 valence electrons. The third-order valence-corrected chi connectivity index (χ3v) is 5.50. The van der Waals surface area contributed by atoms with Crippen molar-refractivity contribution >= 4 is 23.2 Å². The van der Waals surface area contributed by atoms with Crippen LogP contribution in [0.2, 0.25) is 0 Å². The molecule has 0 heterocycles. The molecule has 0 saturated heterocycles. The number of carbonyl (C=O) groups excluding carboxylic acids is 1. The van der Waals surface area contributed by atoms with Gasteiger partial charge in [0.2, 0.25) is 0 Å². The molecule has 0 fully saturated rings. The van der Waals surface area contributed by atoms with E-state index in [9.17, 15) is 4.79 Å². The zero-order valence-electron chi connectivity index (χ0n) is 18.4. The molecule has 1 N–H and O–H groups in total. The van der Waals surface area contributed by atoms with Crippen molar-refractivity contribution in [1.29, 1.82) is 5.26 Å². The Morgan fingerprint density at radius 2 is 1.48 bits per heavy atom. The number of nitrogens with zero attached hydrogens (tertiary/aromatic N) is 2. The molecular weight excluding hydrogens is 430 g/mol. The monoisotopic (exact) mass is 457 g/mol. The maximum atomic E-state index is 13.0. The fourth-order valence-corrected chi connectivity index (χ4v) is 3.63. The summed E-state index contributed by atoms with van der Waals surface area (Å²) in [6.45, 7) is 1.53. The van der Waals surface area contributed by atoms with E-state index in [1.165, 1.54) is 11.1 Å². The van der Waals surface area contributed by atoms with Gasteiger partial charge in [0.1, 0.15) is 5.75 Å². The van der Waals surface area contributed by atoms with Crippen LogP contribution in [0.25, 0.3) is 0 Å². The third kappa shape index (κ3) is 7.74. The standard InChI is InChI=1S/C27H27N3O2S/c28-18-9-19-30(20-16-22-10-3-1-4-11-22)27(33)29-26(31)24-14-7-8-15-25(24)32-21-17-23-12-5-2-6-13-23/h1-8,10-15H,9,16-17,19-21H2,(H,29,31,33). The highest BCUT2D eigenvalue weighted by atomic mass is 32.1. The molecule has 5 nitrogen and oxygen atoms in total. The fraction of sp³-hybridized carbons (Fsp3) is 0.222. The molecule has 6 heteroatoms. The first-order valence-corrected chi connectivity index (χ1v) is 11.3. The highest BCUT2D eigenvalue weighted by Gasteiger charge is 2.17. The van der Waals surface area contributed by atoms with Gasteiger partial charge in [0.25, 0.3) is 5.91 Å². The minimum Gasteiger partial charge on any atom is -0.492 e. The minimum absolute atomic E-state index is 0.310. The minimum atomic E-state index is -0.322. The van der Waals surface area contributed by atoms with E-state index in [0.29, 0.717) is 42.5 Å². The molecule has 0 aliphatic heterocycles. The maximum absolute atomic E-state index is 13.0. The molecule has 0 unspecified atom stereocenters. The fourth-order valence-electron chi connectivity index (χ4n) is 3.36. The number of benzene rings is 3. The molecule has 0 aromatic heterocycles. The lowest BCUT2D eigenvalue weighted by Crippen LogP contribution is -2.44. The molecule has 0 aliphatic rings. The molecule has 33 heavy (non-hydrogen) atoms. The molecule has 3 aromatic carbocycles. The van der Waals surface area contributed by atoms with Gasteiger partial charge in [-0.2, -0.15) is 5.26 Å². The molecule has 3 rings (SSSR count). The second-order valence-corrected chi connectivity index (χ2v) is 7.86. The van der Waals surface area contributed by atoms with Crippen LogP contribution in [0.4, 0.5) is 0 Å². The van der Waals surface area contributed by atoms with E-state index in [2.05, 4.69) is 11.4 Å². The lowest BCUT2D eigenvalue weighted by Gasteiger charge is -2.24. The van der Waals surface area contributed by atoms with Gasteiger partial charge < -0.3 is 9.64 Å². The van der Waals surface area contributed by atoms with E-state index in [4.69, 9.17) is 22.2 Å². The number of amides is 1. The zero-order chi connectivity index (χ0) is 23.3. The second kappa shape index (κ2) is 13.0. The number of hydrogen-bond donors (Lipinski definition) is 1. The molecule has 0 saturated carbocycles. The number of carbonyl (C=O) groups is 1. The molecule has 0 atom stereocenters. The summed E-state index contributed by atoms with van der Waals surface area (Å²) in [4.78, 5) is 14.9. The Bertz CT molecular complexity index is 1080. The Hall–Kier alpha value is -3.69. The Kier molecular flexibility index (Phi) is 9.44. The van der Waals surface area contributed by atoms with Crippen molar-refractivity contribution in [2.24, 2.45) is 0 Å². The average molecular weight is 458 g/mol. The number of para-hydroxylation sites is 1. The Morgan fingerprint density at radius 3 is 2.15 bits per heavy atom. The highest BCUT2D eigenvalue weighted by Crippen LogP contribution is 2.18. The maximum Gasteiger partial charge on any atom is 0.261 e. The topological polar surface area (TPSA) is 65.4 Å². The van der Waals surface area contributed by atoms with Crippen molar-refractivity contribution in [3.8, 4) is 11.8 Å². The van der Waals surface area contributed by atoms with Crippen LogP contribution in [-0.4, -0.2) is 35.6 Å². The first kappa shape index (κ1) is 24.0. The Balaban J connectivity index is 1.60. The van der Waals surface area contributed by atoms with E-state index in [1.807, 2.05) is 71.6 Å². The van der Waals surface area contributed by atoms with Crippen molar-refractivity contribution in [3.05, 3.63) is 102 Å². The molecular formula is C27H27N3O2S. The van der Waals surface area contributed by atoms with E-state index in [1.54, 1.807) is 18.2 Å². The van der Waals surface area contributed by atoms with Crippen LogP contribution in [0.1, 0.15) is 27.9 Å². The van der Waals surface area contributed by atoms with E-state index >= 15 is 0 Å². The van der Waals surface area contributed by atoms with Crippen LogP contribution < -0.4 is 10.1 Å². The van der Waals surface area contributed by atoms with Gasteiger partial charge in [-0.1, -0.05) is 72.8 Å². The van der Waals surface area contributed by atoms with E-state index in [-0.39, 0.29) is 5.91 Å². The summed E-state index contributed by atoms with van der Waals surface area (Å²) in [5.41, 5.74) is 2.77.